The highest BCUT2D eigenvalue weighted by molar-refractivity contribution is 5.58. The maximum atomic E-state index is 6.22. The normalized spacial score (nSPS) is 25.0. The van der Waals surface area contributed by atoms with Crippen LogP contribution in [0.4, 0.5) is 0 Å². The number of benzene rings is 1. The largest absolute Gasteiger partial charge is 0.339 e. The average molecular weight is 361 g/mol. The number of hydrogen-bond acceptors (Lipinski definition) is 6. The molecule has 6 heteroatoms. The summed E-state index contributed by atoms with van der Waals surface area (Å²) >= 11 is 0. The molecule has 2 aliphatic rings. The van der Waals surface area contributed by atoms with Crippen LogP contribution in [0.3, 0.4) is 0 Å². The zero-order valence-corrected chi connectivity index (χ0v) is 15.4. The summed E-state index contributed by atoms with van der Waals surface area (Å²) in [6.45, 7) is 1.86. The molecule has 1 unspecified atom stereocenters. The third-order valence-electron chi connectivity index (χ3n) is 5.90. The van der Waals surface area contributed by atoms with Crippen LogP contribution < -0.4 is 5.73 Å². The van der Waals surface area contributed by atoms with Crippen molar-refractivity contribution in [1.82, 2.24) is 20.0 Å². The third kappa shape index (κ3) is 2.95. The zero-order valence-electron chi connectivity index (χ0n) is 15.4. The Bertz CT molecular complexity index is 954. The number of rotatable bonds is 3. The number of hydrogen-bond donors (Lipinski definition) is 1. The lowest BCUT2D eigenvalue weighted by atomic mass is 9.90. The minimum atomic E-state index is 0.116. The van der Waals surface area contributed by atoms with E-state index in [2.05, 4.69) is 46.4 Å². The van der Waals surface area contributed by atoms with E-state index in [9.17, 15) is 0 Å². The maximum Gasteiger partial charge on any atom is 0.232 e. The van der Waals surface area contributed by atoms with Crippen LogP contribution in [0, 0.1) is 0 Å². The molecule has 0 amide bonds. The highest BCUT2D eigenvalue weighted by atomic mass is 16.5. The van der Waals surface area contributed by atoms with Crippen molar-refractivity contribution < 1.29 is 4.52 Å². The Morgan fingerprint density at radius 2 is 2.07 bits per heavy atom. The minimum Gasteiger partial charge on any atom is -0.339 e. The molecule has 3 atom stereocenters. The van der Waals surface area contributed by atoms with Gasteiger partial charge in [-0.25, -0.2) is 0 Å². The quantitative estimate of drug-likeness (QED) is 0.772. The Morgan fingerprint density at radius 1 is 1.19 bits per heavy atom. The molecule has 138 valence electrons. The molecule has 1 fully saturated rings. The van der Waals surface area contributed by atoms with Crippen molar-refractivity contribution in [1.29, 1.82) is 0 Å². The molecule has 0 spiro atoms. The van der Waals surface area contributed by atoms with Crippen molar-refractivity contribution in [2.45, 2.75) is 30.7 Å². The first-order valence-corrected chi connectivity index (χ1v) is 9.50. The molecule has 1 aliphatic heterocycles. The highest BCUT2D eigenvalue weighted by Gasteiger charge is 2.37. The predicted octanol–water partition coefficient (Wildman–Crippen LogP) is 2.89. The van der Waals surface area contributed by atoms with Crippen LogP contribution in [0.15, 0.2) is 47.2 Å². The predicted molar refractivity (Wildman–Crippen MR) is 102 cm³/mol. The number of likely N-dealkylation sites (tertiary alicyclic amines) is 1. The first kappa shape index (κ1) is 16.6. The van der Waals surface area contributed by atoms with Gasteiger partial charge >= 0.3 is 0 Å². The lowest BCUT2D eigenvalue weighted by Gasteiger charge is -2.14. The van der Waals surface area contributed by atoms with E-state index in [0.29, 0.717) is 17.6 Å². The van der Waals surface area contributed by atoms with E-state index < -0.39 is 0 Å². The highest BCUT2D eigenvalue weighted by Crippen LogP contribution is 2.39. The smallest absolute Gasteiger partial charge is 0.232 e. The number of pyridine rings is 1. The molecule has 1 saturated heterocycles. The molecule has 0 saturated carbocycles. The molecule has 2 N–H and O–H groups in total. The number of likely N-dealkylation sites (N-methyl/N-ethyl adjacent to an activating group) is 1. The molecule has 0 bridgehead atoms. The summed E-state index contributed by atoms with van der Waals surface area (Å²) < 4.78 is 5.71. The van der Waals surface area contributed by atoms with Gasteiger partial charge in [-0.15, -0.1) is 0 Å². The maximum absolute atomic E-state index is 6.22. The molecule has 1 aromatic carbocycles. The number of fused-ring (bicyclic) bond motifs is 1. The Labute approximate surface area is 158 Å². The van der Waals surface area contributed by atoms with Gasteiger partial charge in [0.1, 0.15) is 0 Å². The van der Waals surface area contributed by atoms with Gasteiger partial charge in [-0.2, -0.15) is 4.98 Å². The number of nitrogens with zero attached hydrogens (tertiary/aromatic N) is 4. The summed E-state index contributed by atoms with van der Waals surface area (Å²) in [5, 5.41) is 4.27. The monoisotopic (exact) mass is 361 g/mol. The number of aryl methyl sites for hydroxylation is 1. The SMILES string of the molecule is CN1C[C@H](c2cccnc2)[C@@H](c2nc(-c3ccc4c(c3)C(N)CC4)no2)C1. The summed E-state index contributed by atoms with van der Waals surface area (Å²) in [4.78, 5) is 11.3. The van der Waals surface area contributed by atoms with Gasteiger partial charge < -0.3 is 15.2 Å². The van der Waals surface area contributed by atoms with Crippen molar-refractivity contribution in [3.63, 3.8) is 0 Å². The molecular weight excluding hydrogens is 338 g/mol. The van der Waals surface area contributed by atoms with Crippen LogP contribution in [0.25, 0.3) is 11.4 Å². The molecule has 27 heavy (non-hydrogen) atoms. The number of aromatic nitrogens is 3. The Kier molecular flexibility index (Phi) is 4.02. The third-order valence-corrected chi connectivity index (χ3v) is 5.90. The topological polar surface area (TPSA) is 81.1 Å². The van der Waals surface area contributed by atoms with Gasteiger partial charge in [0.05, 0.1) is 5.92 Å². The zero-order chi connectivity index (χ0) is 18.4. The molecule has 1 aliphatic carbocycles. The summed E-state index contributed by atoms with van der Waals surface area (Å²) in [6.07, 6.45) is 5.81. The van der Waals surface area contributed by atoms with Gasteiger partial charge in [-0.3, -0.25) is 4.98 Å². The second-order valence-electron chi connectivity index (χ2n) is 7.74. The van der Waals surface area contributed by atoms with Gasteiger partial charge in [-0.05, 0) is 48.7 Å². The first-order valence-electron chi connectivity index (χ1n) is 9.50. The van der Waals surface area contributed by atoms with E-state index in [4.69, 9.17) is 15.2 Å². The van der Waals surface area contributed by atoms with Gasteiger partial charge in [0.25, 0.3) is 0 Å². The van der Waals surface area contributed by atoms with E-state index in [-0.39, 0.29) is 12.0 Å². The lowest BCUT2D eigenvalue weighted by Crippen LogP contribution is -2.13. The Hall–Kier alpha value is -2.57. The minimum absolute atomic E-state index is 0.116. The van der Waals surface area contributed by atoms with E-state index >= 15 is 0 Å². The van der Waals surface area contributed by atoms with Crippen molar-refractivity contribution in [2.24, 2.45) is 5.73 Å². The van der Waals surface area contributed by atoms with Gasteiger partial charge in [0, 0.05) is 43.0 Å². The Morgan fingerprint density at radius 3 is 2.93 bits per heavy atom. The van der Waals surface area contributed by atoms with Gasteiger partial charge in [-0.1, -0.05) is 23.4 Å². The molecule has 0 radical (unpaired) electrons. The van der Waals surface area contributed by atoms with Crippen LogP contribution in [0.1, 0.15) is 46.9 Å². The van der Waals surface area contributed by atoms with Gasteiger partial charge in [0.2, 0.25) is 11.7 Å². The second kappa shape index (κ2) is 6.55. The van der Waals surface area contributed by atoms with Crippen molar-refractivity contribution >= 4 is 0 Å². The van der Waals surface area contributed by atoms with Crippen LogP contribution >= 0.6 is 0 Å². The van der Waals surface area contributed by atoms with Crippen LogP contribution in [-0.4, -0.2) is 40.2 Å². The first-order chi connectivity index (χ1) is 13.2. The van der Waals surface area contributed by atoms with E-state index in [1.165, 1.54) is 16.7 Å². The fourth-order valence-electron chi connectivity index (χ4n) is 4.46. The average Bonchev–Trinajstić information content (AvgIpc) is 3.41. The van der Waals surface area contributed by atoms with Crippen LogP contribution in [-0.2, 0) is 6.42 Å². The summed E-state index contributed by atoms with van der Waals surface area (Å²) in [5.74, 6) is 1.84. The van der Waals surface area contributed by atoms with E-state index in [0.717, 1.165) is 31.5 Å². The standard InChI is InChI=1S/C21H23N5O/c1-26-11-17(15-3-2-8-23-10-15)18(12-26)21-24-20(25-27-21)14-5-4-13-6-7-19(22)16(13)9-14/h2-5,8-10,17-19H,6-7,11-12,22H2,1H3/t17-,18+,19?/m1/s1. The molecule has 2 aromatic heterocycles. The van der Waals surface area contributed by atoms with Crippen molar-refractivity contribution in [3.05, 3.63) is 65.3 Å². The van der Waals surface area contributed by atoms with Crippen molar-refractivity contribution in [2.75, 3.05) is 20.1 Å². The van der Waals surface area contributed by atoms with E-state index in [1.807, 2.05) is 12.3 Å². The lowest BCUT2D eigenvalue weighted by molar-refractivity contribution is 0.341. The second-order valence-corrected chi connectivity index (χ2v) is 7.74. The molecule has 6 nitrogen and oxygen atoms in total. The summed E-state index contributed by atoms with van der Waals surface area (Å²) in [5.41, 5.74) is 11.0. The van der Waals surface area contributed by atoms with Gasteiger partial charge in [0.15, 0.2) is 0 Å². The summed E-state index contributed by atoms with van der Waals surface area (Å²) in [6, 6.07) is 10.6. The van der Waals surface area contributed by atoms with E-state index in [1.54, 1.807) is 6.20 Å². The molecular formula is C21H23N5O. The molecule has 5 rings (SSSR count). The number of nitrogens with two attached hydrogens (primary N) is 1. The molecule has 3 heterocycles. The van der Waals surface area contributed by atoms with Crippen molar-refractivity contribution in [3.8, 4) is 11.4 Å². The summed E-state index contributed by atoms with van der Waals surface area (Å²) in [7, 11) is 2.13. The Balaban J connectivity index is 1.46. The van der Waals surface area contributed by atoms with Crippen LogP contribution in [0.2, 0.25) is 0 Å². The molecule has 3 aromatic rings. The van der Waals surface area contributed by atoms with Crippen LogP contribution in [0.5, 0.6) is 0 Å². The fraction of sp³-hybridized carbons (Fsp3) is 0.381. The fourth-order valence-corrected chi connectivity index (χ4v) is 4.46.